The molecule has 9 heteroatoms. The molecule has 2 rings (SSSR count). The molecule has 0 spiro atoms. The number of hydrogen-bond acceptors (Lipinski definition) is 7. The van der Waals surface area contributed by atoms with Crippen LogP contribution in [0.15, 0.2) is 6.20 Å². The normalized spacial score (nSPS) is 17.2. The van der Waals surface area contributed by atoms with Gasteiger partial charge < -0.3 is 20.5 Å². The maximum absolute atomic E-state index is 11.9. The summed E-state index contributed by atoms with van der Waals surface area (Å²) in [4.78, 5) is 22.9. The number of hydrogen-bond donors (Lipinski definition) is 3. The van der Waals surface area contributed by atoms with E-state index in [0.717, 1.165) is 33.0 Å². The molecule has 9 nitrogen and oxygen atoms in total. The number of methoxy groups -OCH3 is 1. The van der Waals surface area contributed by atoms with Gasteiger partial charge in [0.25, 0.3) is 5.91 Å². The van der Waals surface area contributed by atoms with Gasteiger partial charge in [-0.25, -0.2) is 9.48 Å². The summed E-state index contributed by atoms with van der Waals surface area (Å²) < 4.78 is 6.04. The summed E-state index contributed by atoms with van der Waals surface area (Å²) >= 11 is 0. The number of esters is 1. The summed E-state index contributed by atoms with van der Waals surface area (Å²) in [6.07, 6.45) is 2.06. The van der Waals surface area contributed by atoms with E-state index >= 15 is 0 Å². The molecule has 1 amide bonds. The number of rotatable bonds is 5. The third kappa shape index (κ3) is 3.99. The number of nitrogens with one attached hydrogen (secondary N) is 2. The summed E-state index contributed by atoms with van der Waals surface area (Å²) in [5.74, 6) is -1.29. The molecule has 1 unspecified atom stereocenters. The molecule has 1 atom stereocenters. The number of piperidine rings is 1. The summed E-state index contributed by atoms with van der Waals surface area (Å²) in [5.41, 5.74) is 0.158. The van der Waals surface area contributed by atoms with Crippen LogP contribution in [0.4, 0.5) is 0 Å². The minimum atomic E-state index is -1.39. The Bertz CT molecular complexity index is 498. The zero-order valence-corrected chi connectivity index (χ0v) is 11.8. The van der Waals surface area contributed by atoms with E-state index in [2.05, 4.69) is 25.7 Å². The van der Waals surface area contributed by atoms with E-state index in [1.54, 1.807) is 10.9 Å². The number of aliphatic hydroxyl groups is 1. The largest absolute Gasteiger partial charge is 0.467 e. The monoisotopic (exact) mass is 297 g/mol. The minimum absolute atomic E-state index is 0.158. The molecule has 1 fully saturated rings. The smallest absolute Gasteiger partial charge is 0.336 e. The molecule has 1 aliphatic rings. The first-order valence-corrected chi connectivity index (χ1v) is 6.78. The average Bonchev–Trinajstić information content (AvgIpc) is 3.02. The maximum Gasteiger partial charge on any atom is 0.336 e. The Morgan fingerprint density at radius 2 is 2.29 bits per heavy atom. The third-order valence-corrected chi connectivity index (χ3v) is 3.35. The van der Waals surface area contributed by atoms with Gasteiger partial charge >= 0.3 is 5.97 Å². The topological polar surface area (TPSA) is 118 Å². The van der Waals surface area contributed by atoms with Gasteiger partial charge in [-0.3, -0.25) is 4.79 Å². The second kappa shape index (κ2) is 7.14. The van der Waals surface area contributed by atoms with Crippen molar-refractivity contribution in [3.8, 4) is 0 Å². The fourth-order valence-electron chi connectivity index (χ4n) is 2.13. The number of ether oxygens (including phenoxy) is 1. The van der Waals surface area contributed by atoms with E-state index < -0.39 is 18.0 Å². The van der Waals surface area contributed by atoms with Crippen LogP contribution < -0.4 is 10.6 Å². The zero-order chi connectivity index (χ0) is 15.2. The van der Waals surface area contributed by atoms with E-state index in [4.69, 9.17) is 0 Å². The average molecular weight is 297 g/mol. The summed E-state index contributed by atoms with van der Waals surface area (Å²) in [5, 5.41) is 22.8. The van der Waals surface area contributed by atoms with E-state index in [9.17, 15) is 14.7 Å². The van der Waals surface area contributed by atoms with Crippen LogP contribution in [0.25, 0.3) is 0 Å². The number of aromatic nitrogens is 3. The quantitative estimate of drug-likeness (QED) is 0.564. The van der Waals surface area contributed by atoms with Crippen molar-refractivity contribution in [3.05, 3.63) is 11.9 Å². The van der Waals surface area contributed by atoms with Gasteiger partial charge in [0.1, 0.15) is 0 Å². The van der Waals surface area contributed by atoms with E-state index in [0.29, 0.717) is 0 Å². The van der Waals surface area contributed by atoms with Crippen LogP contribution in [-0.2, 0) is 9.53 Å². The van der Waals surface area contributed by atoms with Crippen LogP contribution in [-0.4, -0.2) is 64.8 Å². The van der Waals surface area contributed by atoms with Crippen molar-refractivity contribution < 1.29 is 19.4 Å². The SMILES string of the molecule is COC(=O)C(O)CNC(=O)c1cn(C2CCNCC2)nn1. The second-order valence-electron chi connectivity index (χ2n) is 4.81. The Hall–Kier alpha value is -2.00. The van der Waals surface area contributed by atoms with Crippen LogP contribution in [0, 0.1) is 0 Å². The fourth-order valence-corrected chi connectivity index (χ4v) is 2.13. The van der Waals surface area contributed by atoms with Crippen molar-refractivity contribution in [2.45, 2.75) is 25.0 Å². The van der Waals surface area contributed by atoms with Crippen LogP contribution >= 0.6 is 0 Å². The van der Waals surface area contributed by atoms with Crippen LogP contribution in [0.5, 0.6) is 0 Å². The van der Waals surface area contributed by atoms with Gasteiger partial charge in [-0.15, -0.1) is 5.10 Å². The van der Waals surface area contributed by atoms with Gasteiger partial charge in [-0.1, -0.05) is 5.21 Å². The highest BCUT2D eigenvalue weighted by molar-refractivity contribution is 5.92. The number of aliphatic hydroxyl groups excluding tert-OH is 1. The predicted octanol–water partition coefficient (Wildman–Crippen LogP) is -1.53. The fraction of sp³-hybridized carbons (Fsp3) is 0.667. The molecule has 0 saturated carbocycles. The molecule has 3 N–H and O–H groups in total. The predicted molar refractivity (Wildman–Crippen MR) is 71.5 cm³/mol. The van der Waals surface area contributed by atoms with Gasteiger partial charge in [-0.05, 0) is 25.9 Å². The van der Waals surface area contributed by atoms with Crippen LogP contribution in [0.1, 0.15) is 29.4 Å². The summed E-state index contributed by atoms with van der Waals surface area (Å²) in [6, 6.07) is 0.237. The van der Waals surface area contributed by atoms with Crippen LogP contribution in [0.3, 0.4) is 0 Å². The highest BCUT2D eigenvalue weighted by atomic mass is 16.5. The summed E-state index contributed by atoms with van der Waals surface area (Å²) in [7, 11) is 1.16. The lowest BCUT2D eigenvalue weighted by molar-refractivity contribution is -0.149. The second-order valence-corrected chi connectivity index (χ2v) is 4.81. The number of carbonyl (C=O) groups excluding carboxylic acids is 2. The van der Waals surface area contributed by atoms with Gasteiger partial charge in [-0.2, -0.15) is 0 Å². The van der Waals surface area contributed by atoms with Gasteiger partial charge in [0.15, 0.2) is 11.8 Å². The molecule has 0 aliphatic carbocycles. The molecule has 21 heavy (non-hydrogen) atoms. The van der Waals surface area contributed by atoms with Crippen molar-refractivity contribution in [1.82, 2.24) is 25.6 Å². The number of carbonyl (C=O) groups is 2. The van der Waals surface area contributed by atoms with E-state index in [-0.39, 0.29) is 18.3 Å². The molecule has 0 radical (unpaired) electrons. The van der Waals surface area contributed by atoms with Gasteiger partial charge in [0.2, 0.25) is 0 Å². The number of amides is 1. The van der Waals surface area contributed by atoms with Crippen molar-refractivity contribution in [2.24, 2.45) is 0 Å². The lowest BCUT2D eigenvalue weighted by atomic mass is 10.1. The molecule has 2 heterocycles. The summed E-state index contributed by atoms with van der Waals surface area (Å²) in [6.45, 7) is 1.60. The Morgan fingerprint density at radius 3 is 2.95 bits per heavy atom. The minimum Gasteiger partial charge on any atom is -0.467 e. The first-order valence-electron chi connectivity index (χ1n) is 6.78. The third-order valence-electron chi connectivity index (χ3n) is 3.35. The molecule has 1 aromatic heterocycles. The molecular formula is C12H19N5O4. The highest BCUT2D eigenvalue weighted by Gasteiger charge is 2.20. The Labute approximate surface area is 121 Å². The molecular weight excluding hydrogens is 278 g/mol. The lowest BCUT2D eigenvalue weighted by Crippen LogP contribution is -2.37. The van der Waals surface area contributed by atoms with Crippen molar-refractivity contribution >= 4 is 11.9 Å². The zero-order valence-electron chi connectivity index (χ0n) is 11.8. The van der Waals surface area contributed by atoms with Crippen molar-refractivity contribution in [3.63, 3.8) is 0 Å². The van der Waals surface area contributed by atoms with Gasteiger partial charge in [0.05, 0.1) is 25.9 Å². The van der Waals surface area contributed by atoms with Crippen LogP contribution in [0.2, 0.25) is 0 Å². The molecule has 116 valence electrons. The molecule has 0 aromatic carbocycles. The Balaban J connectivity index is 1.88. The standard InChI is InChI=1S/C12H19N5O4/c1-21-12(20)10(18)6-14-11(19)9-7-17(16-15-9)8-2-4-13-5-3-8/h7-8,10,13,18H,2-6H2,1H3,(H,14,19). The van der Waals surface area contributed by atoms with Gasteiger partial charge in [0, 0.05) is 0 Å². The van der Waals surface area contributed by atoms with Crippen molar-refractivity contribution in [1.29, 1.82) is 0 Å². The first kappa shape index (κ1) is 15.4. The van der Waals surface area contributed by atoms with E-state index in [1.165, 1.54) is 0 Å². The molecule has 1 aliphatic heterocycles. The molecule has 0 bridgehead atoms. The van der Waals surface area contributed by atoms with Crippen molar-refractivity contribution in [2.75, 3.05) is 26.7 Å². The Kier molecular flexibility index (Phi) is 5.23. The Morgan fingerprint density at radius 1 is 1.57 bits per heavy atom. The first-order chi connectivity index (χ1) is 10.1. The van der Waals surface area contributed by atoms with E-state index in [1.807, 2.05) is 0 Å². The number of nitrogens with zero attached hydrogens (tertiary/aromatic N) is 3. The highest BCUT2D eigenvalue weighted by Crippen LogP contribution is 2.16. The molecule has 1 aromatic rings. The maximum atomic E-state index is 11.9. The lowest BCUT2D eigenvalue weighted by Gasteiger charge is -2.22. The molecule has 1 saturated heterocycles.